The summed E-state index contributed by atoms with van der Waals surface area (Å²) in [7, 11) is 0. The molecule has 0 aliphatic carbocycles. The lowest BCUT2D eigenvalue weighted by atomic mass is 9.97. The summed E-state index contributed by atoms with van der Waals surface area (Å²) < 4.78 is 4.30. The number of aliphatic hydroxyl groups is 2. The number of hydrogen-bond donors (Lipinski definition) is 5. The van der Waals surface area contributed by atoms with Crippen molar-refractivity contribution in [3.8, 4) is 0 Å². The van der Waals surface area contributed by atoms with Crippen molar-refractivity contribution < 1.29 is 54.2 Å². The molecule has 176 valence electrons. The molecular weight excluding hydrogens is 440 g/mol. The lowest BCUT2D eigenvalue weighted by Gasteiger charge is -2.16. The van der Waals surface area contributed by atoms with Gasteiger partial charge in [-0.25, -0.2) is 24.0 Å². The van der Waals surface area contributed by atoms with Gasteiger partial charge in [-0.15, -0.1) is 0 Å². The molecule has 33 heavy (non-hydrogen) atoms. The zero-order valence-electron chi connectivity index (χ0n) is 17.6. The zero-order chi connectivity index (χ0) is 25.3. The van der Waals surface area contributed by atoms with E-state index >= 15 is 0 Å². The Morgan fingerprint density at radius 1 is 0.727 bits per heavy atom. The van der Waals surface area contributed by atoms with Gasteiger partial charge in [0, 0.05) is 5.41 Å². The van der Waals surface area contributed by atoms with Gasteiger partial charge in [0.1, 0.15) is 0 Å². The molecule has 0 fully saturated rings. The number of carboxylic acids is 3. The summed E-state index contributed by atoms with van der Waals surface area (Å²) in [5.41, 5.74) is -0.268. The quantitative estimate of drug-likeness (QED) is 0.321. The summed E-state index contributed by atoms with van der Waals surface area (Å²) in [5, 5.41) is 42.5. The van der Waals surface area contributed by atoms with Gasteiger partial charge in [0.15, 0.2) is 0 Å². The molecule has 1 aliphatic heterocycles. The largest absolute Gasteiger partial charge is 0.478 e. The lowest BCUT2D eigenvalue weighted by molar-refractivity contribution is 0.0442. The van der Waals surface area contributed by atoms with E-state index in [2.05, 4.69) is 4.74 Å². The number of ether oxygens (including phenoxy) is 1. The third-order valence-electron chi connectivity index (χ3n) is 4.10. The van der Waals surface area contributed by atoms with E-state index in [-0.39, 0.29) is 46.4 Å². The molecule has 0 unspecified atom stereocenters. The number of carbonyl (C=O) groups is 5. The number of carboxylic acid groups (broad SMARTS) is 3. The summed E-state index contributed by atoms with van der Waals surface area (Å²) in [6.45, 7) is 3.69. The van der Waals surface area contributed by atoms with Crippen molar-refractivity contribution in [2.45, 2.75) is 13.8 Å². The van der Waals surface area contributed by atoms with Crippen molar-refractivity contribution in [2.24, 2.45) is 5.41 Å². The molecule has 5 N–H and O–H groups in total. The van der Waals surface area contributed by atoms with E-state index in [1.54, 1.807) is 13.8 Å². The van der Waals surface area contributed by atoms with Gasteiger partial charge in [-0.3, -0.25) is 0 Å². The molecule has 0 aromatic heterocycles. The normalized spacial score (nSPS) is 11.8. The van der Waals surface area contributed by atoms with E-state index in [4.69, 9.17) is 25.5 Å². The fraction of sp³-hybridized carbons (Fsp3) is 0.227. The maximum Gasteiger partial charge on any atom is 0.346 e. The van der Waals surface area contributed by atoms with E-state index in [1.165, 1.54) is 30.3 Å². The van der Waals surface area contributed by atoms with Crippen LogP contribution < -0.4 is 0 Å². The molecule has 3 rings (SSSR count). The van der Waals surface area contributed by atoms with Crippen molar-refractivity contribution >= 4 is 29.8 Å². The number of carbonyl (C=O) groups excluding carboxylic acids is 2. The molecule has 0 radical (unpaired) electrons. The Morgan fingerprint density at radius 2 is 1.15 bits per heavy atom. The third kappa shape index (κ3) is 7.83. The number of aliphatic hydroxyl groups excluding tert-OH is 2. The Labute approximate surface area is 187 Å². The highest BCUT2D eigenvalue weighted by atomic mass is 16.6. The van der Waals surface area contributed by atoms with Gasteiger partial charge < -0.3 is 30.3 Å². The van der Waals surface area contributed by atoms with Gasteiger partial charge in [-0.2, -0.15) is 0 Å². The van der Waals surface area contributed by atoms with Crippen molar-refractivity contribution in [2.75, 3.05) is 13.2 Å². The molecule has 0 spiro atoms. The lowest BCUT2D eigenvalue weighted by Crippen LogP contribution is -2.20. The van der Waals surface area contributed by atoms with E-state index in [9.17, 15) is 24.0 Å². The van der Waals surface area contributed by atoms with Crippen LogP contribution in [0.1, 0.15) is 65.6 Å². The number of hydrogen-bond acceptors (Lipinski definition) is 8. The van der Waals surface area contributed by atoms with Gasteiger partial charge in [0.2, 0.25) is 0 Å². The van der Waals surface area contributed by atoms with Crippen LogP contribution in [0.4, 0.5) is 0 Å². The molecule has 0 bridgehead atoms. The van der Waals surface area contributed by atoms with Crippen LogP contribution in [-0.4, -0.2) is 68.6 Å². The Kier molecular flexibility index (Phi) is 9.40. The molecule has 2 aromatic rings. The fourth-order valence-electron chi connectivity index (χ4n) is 2.05. The summed E-state index contributed by atoms with van der Waals surface area (Å²) in [6.07, 6.45) is 0. The van der Waals surface area contributed by atoms with Gasteiger partial charge in [-0.05, 0) is 36.4 Å². The summed E-state index contributed by atoms with van der Waals surface area (Å²) in [4.78, 5) is 53.3. The molecule has 1 aliphatic rings. The maximum atomic E-state index is 11.0. The average Bonchev–Trinajstić information content (AvgIpc) is 3.07. The summed E-state index contributed by atoms with van der Waals surface area (Å²) in [6, 6.07) is 8.85. The van der Waals surface area contributed by atoms with E-state index in [0.717, 1.165) is 12.1 Å². The third-order valence-corrected chi connectivity index (χ3v) is 4.10. The Hall–Kier alpha value is -4.09. The topological polar surface area (TPSA) is 196 Å². The molecule has 11 nitrogen and oxygen atoms in total. The minimum Gasteiger partial charge on any atom is -0.478 e. The molecule has 0 saturated heterocycles. The first-order valence-corrected chi connectivity index (χ1v) is 9.25. The van der Waals surface area contributed by atoms with E-state index in [1.807, 2.05) is 0 Å². The van der Waals surface area contributed by atoms with Crippen molar-refractivity contribution in [1.82, 2.24) is 0 Å². The van der Waals surface area contributed by atoms with Crippen molar-refractivity contribution in [3.05, 3.63) is 70.3 Å². The predicted molar refractivity (Wildman–Crippen MR) is 111 cm³/mol. The second kappa shape index (κ2) is 11.5. The standard InChI is InChI=1S/C9H4O5.C8H6O4.C5H12O2/c10-7(11)4-1-2-5-6(3-4)9(13)14-8(5)12;9-7(10)5-2-1-3-6(4-5)8(11)12;1-5(2,3-6)4-7/h1-3H,(H,10,11);1-4H,(H,9,10)(H,11,12);6-7H,3-4H2,1-2H3. The van der Waals surface area contributed by atoms with Crippen molar-refractivity contribution in [3.63, 3.8) is 0 Å². The first-order valence-electron chi connectivity index (χ1n) is 9.25. The van der Waals surface area contributed by atoms with Gasteiger partial charge in [0.25, 0.3) is 0 Å². The first kappa shape index (κ1) is 26.9. The Balaban J connectivity index is 0.000000263. The maximum absolute atomic E-state index is 11.0. The van der Waals surface area contributed by atoms with Crippen LogP contribution in [0.15, 0.2) is 42.5 Å². The molecular formula is C22H22O11. The number of cyclic esters (lactones) is 2. The van der Waals surface area contributed by atoms with Crippen LogP contribution in [0.3, 0.4) is 0 Å². The zero-order valence-corrected chi connectivity index (χ0v) is 17.6. The van der Waals surface area contributed by atoms with Crippen LogP contribution in [0.25, 0.3) is 0 Å². The second-order valence-electron chi connectivity index (χ2n) is 7.41. The molecule has 0 amide bonds. The van der Waals surface area contributed by atoms with Gasteiger partial charge in [0.05, 0.1) is 41.0 Å². The van der Waals surface area contributed by atoms with Crippen LogP contribution in [0.5, 0.6) is 0 Å². The molecule has 11 heteroatoms. The van der Waals surface area contributed by atoms with Crippen LogP contribution in [-0.2, 0) is 4.74 Å². The highest BCUT2D eigenvalue weighted by molar-refractivity contribution is 6.15. The molecule has 1 heterocycles. The van der Waals surface area contributed by atoms with E-state index in [0.29, 0.717) is 0 Å². The minimum absolute atomic E-state index is 0.00917. The highest BCUT2D eigenvalue weighted by Gasteiger charge is 2.30. The van der Waals surface area contributed by atoms with Crippen molar-refractivity contribution in [1.29, 1.82) is 0 Å². The Morgan fingerprint density at radius 3 is 1.55 bits per heavy atom. The smallest absolute Gasteiger partial charge is 0.346 e. The highest BCUT2D eigenvalue weighted by Crippen LogP contribution is 2.21. The Bertz CT molecular complexity index is 1030. The summed E-state index contributed by atoms with van der Waals surface area (Å²) in [5.74, 6) is -4.94. The van der Waals surface area contributed by atoms with Crippen LogP contribution in [0, 0.1) is 5.41 Å². The fourth-order valence-corrected chi connectivity index (χ4v) is 2.05. The number of esters is 2. The number of benzene rings is 2. The van der Waals surface area contributed by atoms with E-state index < -0.39 is 29.8 Å². The number of rotatable bonds is 5. The van der Waals surface area contributed by atoms with Gasteiger partial charge >= 0.3 is 29.8 Å². The minimum atomic E-state index is -1.15. The second-order valence-corrected chi connectivity index (χ2v) is 7.41. The molecule has 0 atom stereocenters. The summed E-state index contributed by atoms with van der Waals surface area (Å²) >= 11 is 0. The number of fused-ring (bicyclic) bond motifs is 1. The predicted octanol–water partition coefficient (Wildman–Crippen LogP) is 1.78. The van der Waals surface area contributed by atoms with Crippen LogP contribution in [0.2, 0.25) is 0 Å². The molecule has 2 aromatic carbocycles. The van der Waals surface area contributed by atoms with Crippen LogP contribution >= 0.6 is 0 Å². The van der Waals surface area contributed by atoms with Gasteiger partial charge in [-0.1, -0.05) is 19.9 Å². The monoisotopic (exact) mass is 462 g/mol. The SMILES string of the molecule is CC(C)(CO)CO.O=C(O)c1ccc2c(c1)C(=O)OC2=O.O=C(O)c1cccc(C(=O)O)c1. The average molecular weight is 462 g/mol. The molecule has 0 saturated carbocycles. The number of aromatic carboxylic acids is 3. The first-order chi connectivity index (χ1) is 15.3.